The van der Waals surface area contributed by atoms with E-state index in [1.165, 1.54) is 0 Å². The standard InChI is InChI=1S/C9H12BrFN2.ClH/c10-7-3-1-2-6(9(7)11)8(13)4-5-12;/h1-3,8H,4-5,12-13H2;1H/t8-;/m1./s1. The van der Waals surface area contributed by atoms with Crippen LogP contribution in [0.3, 0.4) is 0 Å². The smallest absolute Gasteiger partial charge is 0.142 e. The summed E-state index contributed by atoms with van der Waals surface area (Å²) in [6.07, 6.45) is 0.591. The van der Waals surface area contributed by atoms with Gasteiger partial charge >= 0.3 is 0 Å². The summed E-state index contributed by atoms with van der Waals surface area (Å²) in [4.78, 5) is 0. The average molecular weight is 284 g/mol. The molecule has 80 valence electrons. The Bertz CT molecular complexity index is 296. The zero-order chi connectivity index (χ0) is 9.84. The van der Waals surface area contributed by atoms with Crippen LogP contribution in [-0.2, 0) is 0 Å². The molecule has 1 aromatic carbocycles. The van der Waals surface area contributed by atoms with E-state index in [-0.39, 0.29) is 24.3 Å². The molecule has 0 radical (unpaired) electrons. The summed E-state index contributed by atoms with van der Waals surface area (Å²) >= 11 is 3.10. The molecule has 0 aromatic heterocycles. The minimum atomic E-state index is -0.317. The molecule has 0 aliphatic heterocycles. The first kappa shape index (κ1) is 13.8. The monoisotopic (exact) mass is 282 g/mol. The number of nitrogens with two attached hydrogens (primary N) is 2. The summed E-state index contributed by atoms with van der Waals surface area (Å²) in [6, 6.07) is 4.77. The number of halogens is 3. The van der Waals surface area contributed by atoms with Crippen LogP contribution in [0, 0.1) is 5.82 Å². The Kier molecular flexibility index (Phi) is 6.27. The van der Waals surface area contributed by atoms with Gasteiger partial charge in [0.05, 0.1) is 4.47 Å². The molecule has 0 amide bonds. The lowest BCUT2D eigenvalue weighted by atomic mass is 10.0. The van der Waals surface area contributed by atoms with Gasteiger partial charge in [0, 0.05) is 11.6 Å². The Morgan fingerprint density at radius 3 is 2.64 bits per heavy atom. The molecule has 0 heterocycles. The third kappa shape index (κ3) is 3.20. The van der Waals surface area contributed by atoms with E-state index in [1.807, 2.05) is 0 Å². The maximum Gasteiger partial charge on any atom is 0.142 e. The van der Waals surface area contributed by atoms with Crippen molar-refractivity contribution in [3.05, 3.63) is 34.1 Å². The normalized spacial score (nSPS) is 12.0. The lowest BCUT2D eigenvalue weighted by molar-refractivity contribution is 0.562. The van der Waals surface area contributed by atoms with E-state index in [2.05, 4.69) is 15.9 Å². The molecule has 0 unspecified atom stereocenters. The van der Waals surface area contributed by atoms with E-state index in [1.54, 1.807) is 18.2 Å². The van der Waals surface area contributed by atoms with Crippen molar-refractivity contribution in [3.63, 3.8) is 0 Å². The Labute approximate surface area is 97.4 Å². The second kappa shape index (κ2) is 6.35. The number of hydrogen-bond acceptors (Lipinski definition) is 2. The van der Waals surface area contributed by atoms with Crippen LogP contribution in [0.25, 0.3) is 0 Å². The second-order valence-electron chi connectivity index (χ2n) is 2.83. The second-order valence-corrected chi connectivity index (χ2v) is 3.68. The highest BCUT2D eigenvalue weighted by atomic mass is 79.9. The highest BCUT2D eigenvalue weighted by molar-refractivity contribution is 9.10. The molecule has 0 bridgehead atoms. The first-order valence-corrected chi connectivity index (χ1v) is 4.85. The SMILES string of the molecule is Cl.NCC[C@@H](N)c1cccc(Br)c1F. The third-order valence-electron chi connectivity index (χ3n) is 1.86. The van der Waals surface area contributed by atoms with Gasteiger partial charge in [-0.15, -0.1) is 12.4 Å². The molecule has 0 aliphatic carbocycles. The summed E-state index contributed by atoms with van der Waals surface area (Å²) in [7, 11) is 0. The van der Waals surface area contributed by atoms with Crippen LogP contribution < -0.4 is 11.5 Å². The molecule has 1 aromatic rings. The molecule has 2 nitrogen and oxygen atoms in total. The summed E-state index contributed by atoms with van der Waals surface area (Å²) < 4.78 is 13.8. The van der Waals surface area contributed by atoms with Crippen molar-refractivity contribution in [2.75, 3.05) is 6.54 Å². The van der Waals surface area contributed by atoms with Crippen molar-refractivity contribution in [1.82, 2.24) is 0 Å². The van der Waals surface area contributed by atoms with Crippen LogP contribution in [0.4, 0.5) is 4.39 Å². The van der Waals surface area contributed by atoms with Crippen LogP contribution in [0.1, 0.15) is 18.0 Å². The minimum Gasteiger partial charge on any atom is -0.330 e. The fourth-order valence-corrected chi connectivity index (χ4v) is 1.52. The Hall–Kier alpha value is -0.160. The first-order chi connectivity index (χ1) is 6.16. The zero-order valence-electron chi connectivity index (χ0n) is 7.54. The maximum absolute atomic E-state index is 13.4. The van der Waals surface area contributed by atoms with Gasteiger partial charge in [-0.25, -0.2) is 4.39 Å². The van der Waals surface area contributed by atoms with Gasteiger partial charge < -0.3 is 11.5 Å². The predicted octanol–water partition coefficient (Wildman–Crippen LogP) is 2.36. The highest BCUT2D eigenvalue weighted by Crippen LogP contribution is 2.23. The Morgan fingerprint density at radius 1 is 1.43 bits per heavy atom. The maximum atomic E-state index is 13.4. The first-order valence-electron chi connectivity index (χ1n) is 4.06. The number of rotatable bonds is 3. The van der Waals surface area contributed by atoms with Crippen LogP contribution >= 0.6 is 28.3 Å². The Balaban J connectivity index is 0.00000169. The zero-order valence-corrected chi connectivity index (χ0v) is 9.94. The van der Waals surface area contributed by atoms with E-state index in [9.17, 15) is 4.39 Å². The fourth-order valence-electron chi connectivity index (χ4n) is 1.14. The summed E-state index contributed by atoms with van der Waals surface area (Å²) in [5.41, 5.74) is 11.6. The van der Waals surface area contributed by atoms with Gasteiger partial charge in [0.25, 0.3) is 0 Å². The van der Waals surface area contributed by atoms with E-state index < -0.39 is 0 Å². The summed E-state index contributed by atoms with van der Waals surface area (Å²) in [5.74, 6) is -0.288. The van der Waals surface area contributed by atoms with Gasteiger partial charge in [-0.1, -0.05) is 12.1 Å². The van der Waals surface area contributed by atoms with Crippen LogP contribution in [0.5, 0.6) is 0 Å². The molecule has 5 heteroatoms. The van der Waals surface area contributed by atoms with Crippen molar-refractivity contribution in [3.8, 4) is 0 Å². The van der Waals surface area contributed by atoms with Crippen LogP contribution in [0.2, 0.25) is 0 Å². The van der Waals surface area contributed by atoms with Gasteiger partial charge in [0.1, 0.15) is 5.82 Å². The van der Waals surface area contributed by atoms with Gasteiger partial charge in [-0.3, -0.25) is 0 Å². The number of benzene rings is 1. The van der Waals surface area contributed by atoms with E-state index in [4.69, 9.17) is 11.5 Å². The highest BCUT2D eigenvalue weighted by Gasteiger charge is 2.12. The number of hydrogen-bond donors (Lipinski definition) is 2. The van der Waals surface area contributed by atoms with Crippen LogP contribution in [0.15, 0.2) is 22.7 Å². The summed E-state index contributed by atoms with van der Waals surface area (Å²) in [5, 5.41) is 0. The molecule has 1 atom stereocenters. The van der Waals surface area contributed by atoms with Crippen molar-refractivity contribution in [2.24, 2.45) is 11.5 Å². The van der Waals surface area contributed by atoms with Gasteiger partial charge in [0.15, 0.2) is 0 Å². The van der Waals surface area contributed by atoms with Crippen molar-refractivity contribution in [1.29, 1.82) is 0 Å². The third-order valence-corrected chi connectivity index (χ3v) is 2.47. The molecule has 14 heavy (non-hydrogen) atoms. The van der Waals surface area contributed by atoms with Crippen molar-refractivity contribution >= 4 is 28.3 Å². The summed E-state index contributed by atoms with van der Waals surface area (Å²) in [6.45, 7) is 0.465. The molecular formula is C9H13BrClFN2. The molecule has 1 rings (SSSR count). The van der Waals surface area contributed by atoms with Crippen molar-refractivity contribution in [2.45, 2.75) is 12.5 Å². The molecule has 0 saturated heterocycles. The largest absolute Gasteiger partial charge is 0.330 e. The molecular weight excluding hydrogens is 270 g/mol. The lowest BCUT2D eigenvalue weighted by Gasteiger charge is -2.11. The van der Waals surface area contributed by atoms with E-state index in [0.717, 1.165) is 0 Å². The van der Waals surface area contributed by atoms with Gasteiger partial charge in [-0.05, 0) is 35.0 Å². The molecule has 4 N–H and O–H groups in total. The fraction of sp³-hybridized carbons (Fsp3) is 0.333. The minimum absolute atomic E-state index is 0. The Morgan fingerprint density at radius 2 is 2.07 bits per heavy atom. The average Bonchev–Trinajstić information content (AvgIpc) is 2.10. The quantitative estimate of drug-likeness (QED) is 0.895. The topological polar surface area (TPSA) is 52.0 Å². The molecule has 0 saturated carbocycles. The predicted molar refractivity (Wildman–Crippen MR) is 61.9 cm³/mol. The van der Waals surface area contributed by atoms with Crippen LogP contribution in [-0.4, -0.2) is 6.54 Å². The van der Waals surface area contributed by atoms with E-state index in [0.29, 0.717) is 23.0 Å². The van der Waals surface area contributed by atoms with E-state index >= 15 is 0 Å². The van der Waals surface area contributed by atoms with Crippen molar-refractivity contribution < 1.29 is 4.39 Å². The molecule has 0 aliphatic rings. The molecule has 0 fully saturated rings. The van der Waals surface area contributed by atoms with Gasteiger partial charge in [-0.2, -0.15) is 0 Å². The van der Waals surface area contributed by atoms with Gasteiger partial charge in [0.2, 0.25) is 0 Å². The molecule has 0 spiro atoms. The lowest BCUT2D eigenvalue weighted by Crippen LogP contribution is -2.16.